The third-order valence-corrected chi connectivity index (χ3v) is 2.52. The first-order chi connectivity index (χ1) is 8.12. The molecule has 17 heavy (non-hydrogen) atoms. The second-order valence-electron chi connectivity index (χ2n) is 3.36. The number of hydrogen-bond acceptors (Lipinski definition) is 4. The molecule has 0 aliphatic heterocycles. The zero-order valence-electron chi connectivity index (χ0n) is 9.36. The summed E-state index contributed by atoms with van der Waals surface area (Å²) >= 11 is 5.97. The number of aliphatic hydroxyl groups excluding tert-OH is 1. The number of hydrogen-bond donors (Lipinski definition) is 1. The lowest BCUT2D eigenvalue weighted by Crippen LogP contribution is -2.09. The molecule has 0 heterocycles. The fourth-order valence-electron chi connectivity index (χ4n) is 1.42. The molecular formula is C12H12ClNO3. The van der Waals surface area contributed by atoms with E-state index >= 15 is 0 Å². The summed E-state index contributed by atoms with van der Waals surface area (Å²) in [5, 5.41) is 18.2. The molecule has 0 radical (unpaired) electrons. The van der Waals surface area contributed by atoms with Gasteiger partial charge in [-0.05, 0) is 30.2 Å². The van der Waals surface area contributed by atoms with Gasteiger partial charge in [-0.3, -0.25) is 4.79 Å². The van der Waals surface area contributed by atoms with Crippen molar-refractivity contribution in [3.8, 4) is 6.07 Å². The maximum Gasteiger partial charge on any atom is 0.310 e. The van der Waals surface area contributed by atoms with Gasteiger partial charge in [0.15, 0.2) is 0 Å². The molecule has 0 atom stereocenters. The van der Waals surface area contributed by atoms with Crippen molar-refractivity contribution in [1.29, 1.82) is 5.26 Å². The minimum absolute atomic E-state index is 0.0404. The maximum atomic E-state index is 11.3. The number of ether oxygens (including phenoxy) is 1. The van der Waals surface area contributed by atoms with Gasteiger partial charge < -0.3 is 9.84 Å². The number of esters is 1. The largest absolute Gasteiger partial charge is 0.466 e. The zero-order chi connectivity index (χ0) is 12.8. The van der Waals surface area contributed by atoms with E-state index < -0.39 is 5.97 Å². The number of aliphatic hydroxyl groups is 1. The van der Waals surface area contributed by atoms with Gasteiger partial charge in [0.25, 0.3) is 0 Å². The first-order valence-electron chi connectivity index (χ1n) is 5.10. The number of carbonyl (C=O) groups excluding carboxylic acids is 1. The Morgan fingerprint density at radius 2 is 2.29 bits per heavy atom. The summed E-state index contributed by atoms with van der Waals surface area (Å²) < 4.78 is 4.80. The monoisotopic (exact) mass is 253 g/mol. The summed E-state index contributed by atoms with van der Waals surface area (Å²) in [6.45, 7) is 1.79. The second kappa shape index (κ2) is 6.24. The fraction of sp³-hybridized carbons (Fsp3) is 0.333. The van der Waals surface area contributed by atoms with Crippen LogP contribution in [-0.4, -0.2) is 17.7 Å². The molecular weight excluding hydrogens is 242 g/mol. The first kappa shape index (κ1) is 13.5. The highest BCUT2D eigenvalue weighted by Gasteiger charge is 2.14. The van der Waals surface area contributed by atoms with Gasteiger partial charge >= 0.3 is 5.97 Å². The van der Waals surface area contributed by atoms with Crippen LogP contribution >= 0.6 is 11.6 Å². The number of nitriles is 1. The number of halogens is 1. The summed E-state index contributed by atoms with van der Waals surface area (Å²) in [7, 11) is 0. The molecule has 0 aliphatic rings. The molecule has 0 fully saturated rings. The molecule has 0 spiro atoms. The molecule has 90 valence electrons. The van der Waals surface area contributed by atoms with Crippen LogP contribution in [0.15, 0.2) is 12.1 Å². The van der Waals surface area contributed by atoms with Gasteiger partial charge in [0.1, 0.15) is 0 Å². The third kappa shape index (κ3) is 3.45. The van der Waals surface area contributed by atoms with Gasteiger partial charge in [-0.1, -0.05) is 11.6 Å². The zero-order valence-corrected chi connectivity index (χ0v) is 10.1. The highest BCUT2D eigenvalue weighted by atomic mass is 35.5. The van der Waals surface area contributed by atoms with Crippen molar-refractivity contribution in [1.82, 2.24) is 0 Å². The van der Waals surface area contributed by atoms with Crippen LogP contribution in [0.4, 0.5) is 0 Å². The summed E-state index contributed by atoms with van der Waals surface area (Å²) in [6, 6.07) is 5.01. The van der Waals surface area contributed by atoms with Gasteiger partial charge in [-0.25, -0.2) is 0 Å². The lowest BCUT2D eigenvalue weighted by Gasteiger charge is -2.08. The quantitative estimate of drug-likeness (QED) is 0.831. The van der Waals surface area contributed by atoms with Crippen molar-refractivity contribution in [2.24, 2.45) is 0 Å². The predicted octanol–water partition coefficient (Wildman–Crippen LogP) is 1.81. The van der Waals surface area contributed by atoms with Crippen molar-refractivity contribution in [3.05, 3.63) is 33.8 Å². The van der Waals surface area contributed by atoms with E-state index in [1.807, 2.05) is 6.07 Å². The van der Waals surface area contributed by atoms with Crippen LogP contribution in [0.3, 0.4) is 0 Å². The lowest BCUT2D eigenvalue weighted by molar-refractivity contribution is -0.142. The van der Waals surface area contributed by atoms with Gasteiger partial charge in [-0.15, -0.1) is 0 Å². The Hall–Kier alpha value is -1.57. The molecule has 1 aromatic rings. The van der Waals surface area contributed by atoms with E-state index in [0.29, 0.717) is 16.1 Å². The Labute approximate surface area is 104 Å². The summed E-state index contributed by atoms with van der Waals surface area (Å²) in [5.74, 6) is -0.428. The highest BCUT2D eigenvalue weighted by Crippen LogP contribution is 2.23. The van der Waals surface area contributed by atoms with Crippen LogP contribution in [0.5, 0.6) is 0 Å². The Kier molecular flexibility index (Phi) is 4.95. The van der Waals surface area contributed by atoms with Gasteiger partial charge in [0, 0.05) is 5.02 Å². The topological polar surface area (TPSA) is 70.3 Å². The van der Waals surface area contributed by atoms with Crippen LogP contribution in [0.1, 0.15) is 23.6 Å². The molecule has 1 rings (SSSR count). The normalized spacial score (nSPS) is 9.76. The molecule has 0 saturated carbocycles. The Balaban J connectivity index is 3.07. The first-order valence-corrected chi connectivity index (χ1v) is 5.48. The second-order valence-corrected chi connectivity index (χ2v) is 3.76. The van der Waals surface area contributed by atoms with Crippen molar-refractivity contribution in [2.45, 2.75) is 20.0 Å². The van der Waals surface area contributed by atoms with Crippen molar-refractivity contribution < 1.29 is 14.6 Å². The van der Waals surface area contributed by atoms with E-state index in [2.05, 4.69) is 0 Å². The van der Waals surface area contributed by atoms with E-state index in [-0.39, 0.29) is 25.2 Å². The van der Waals surface area contributed by atoms with E-state index in [1.54, 1.807) is 6.92 Å². The number of carbonyl (C=O) groups is 1. The standard InChI is InChI=1S/C12H12ClNO3/c1-2-17-12(16)5-10-9(6-14)3-8(7-15)4-11(10)13/h3-4,15H,2,5,7H2,1H3. The fourth-order valence-corrected chi connectivity index (χ4v) is 1.73. The molecule has 0 amide bonds. The molecule has 0 saturated heterocycles. The van der Waals surface area contributed by atoms with Crippen molar-refractivity contribution in [2.75, 3.05) is 6.61 Å². The number of benzene rings is 1. The minimum atomic E-state index is -0.428. The molecule has 0 unspecified atom stereocenters. The van der Waals surface area contributed by atoms with E-state index in [0.717, 1.165) is 0 Å². The van der Waals surface area contributed by atoms with Gasteiger partial charge in [0.2, 0.25) is 0 Å². The van der Waals surface area contributed by atoms with E-state index in [9.17, 15) is 4.79 Å². The van der Waals surface area contributed by atoms with E-state index in [4.69, 9.17) is 26.7 Å². The molecule has 1 N–H and O–H groups in total. The third-order valence-electron chi connectivity index (χ3n) is 2.18. The molecule has 1 aromatic carbocycles. The molecule has 0 aliphatic carbocycles. The predicted molar refractivity (Wildman–Crippen MR) is 62.4 cm³/mol. The minimum Gasteiger partial charge on any atom is -0.466 e. The van der Waals surface area contributed by atoms with Crippen LogP contribution in [0.2, 0.25) is 5.02 Å². The van der Waals surface area contributed by atoms with Gasteiger partial charge in [0.05, 0.1) is 31.3 Å². The Morgan fingerprint density at radius 1 is 1.59 bits per heavy atom. The van der Waals surface area contributed by atoms with E-state index in [1.165, 1.54) is 12.1 Å². The van der Waals surface area contributed by atoms with Crippen LogP contribution < -0.4 is 0 Å². The smallest absolute Gasteiger partial charge is 0.310 e. The van der Waals surface area contributed by atoms with Crippen molar-refractivity contribution in [3.63, 3.8) is 0 Å². The maximum absolute atomic E-state index is 11.3. The van der Waals surface area contributed by atoms with Crippen LogP contribution in [-0.2, 0) is 22.6 Å². The van der Waals surface area contributed by atoms with Gasteiger partial charge in [-0.2, -0.15) is 5.26 Å². The number of nitrogens with zero attached hydrogens (tertiary/aromatic N) is 1. The number of rotatable bonds is 4. The Morgan fingerprint density at radius 3 is 2.82 bits per heavy atom. The average Bonchev–Trinajstić information content (AvgIpc) is 2.31. The summed E-state index contributed by atoms with van der Waals surface area (Å²) in [4.78, 5) is 11.3. The van der Waals surface area contributed by atoms with Crippen LogP contribution in [0, 0.1) is 11.3 Å². The van der Waals surface area contributed by atoms with Crippen LogP contribution in [0.25, 0.3) is 0 Å². The average molecular weight is 254 g/mol. The SMILES string of the molecule is CCOC(=O)Cc1c(Cl)cc(CO)cc1C#N. The highest BCUT2D eigenvalue weighted by molar-refractivity contribution is 6.31. The summed E-state index contributed by atoms with van der Waals surface area (Å²) in [5.41, 5.74) is 1.26. The molecule has 4 nitrogen and oxygen atoms in total. The molecule has 0 bridgehead atoms. The molecule has 0 aromatic heterocycles. The summed E-state index contributed by atoms with van der Waals surface area (Å²) in [6.07, 6.45) is -0.0404. The van der Waals surface area contributed by atoms with Crippen molar-refractivity contribution >= 4 is 17.6 Å². The Bertz CT molecular complexity index is 466. The molecule has 5 heteroatoms. The lowest BCUT2D eigenvalue weighted by atomic mass is 10.0.